The molecule has 1 aromatic heterocycles. The number of aryl methyl sites for hydroxylation is 1. The Hall–Kier alpha value is -2.14. The van der Waals surface area contributed by atoms with Crippen molar-refractivity contribution in [3.05, 3.63) is 41.7 Å². The number of hydrazine groups is 1. The van der Waals surface area contributed by atoms with Gasteiger partial charge in [-0.2, -0.15) is 0 Å². The van der Waals surface area contributed by atoms with E-state index in [9.17, 15) is 0 Å². The summed E-state index contributed by atoms with van der Waals surface area (Å²) in [5.74, 6) is 7.40. The van der Waals surface area contributed by atoms with Crippen LogP contribution in [-0.4, -0.2) is 9.97 Å². The fourth-order valence-electron chi connectivity index (χ4n) is 1.87. The molecular weight excluding hydrogens is 240 g/mol. The third-order valence-corrected chi connectivity index (χ3v) is 2.75. The van der Waals surface area contributed by atoms with E-state index < -0.39 is 0 Å². The number of hydrogen-bond acceptors (Lipinski definition) is 5. The van der Waals surface area contributed by atoms with Crippen LogP contribution in [0.4, 0.5) is 5.82 Å². The molecule has 5 nitrogen and oxygen atoms in total. The van der Waals surface area contributed by atoms with Crippen LogP contribution in [0.15, 0.2) is 30.6 Å². The van der Waals surface area contributed by atoms with Crippen LogP contribution in [0.3, 0.4) is 0 Å². The Morgan fingerprint density at radius 3 is 2.84 bits per heavy atom. The Morgan fingerprint density at radius 1 is 1.32 bits per heavy atom. The van der Waals surface area contributed by atoms with Crippen LogP contribution in [-0.2, 0) is 6.42 Å². The molecule has 5 heteroatoms. The maximum atomic E-state index is 5.84. The Kier molecular flexibility index (Phi) is 4.30. The van der Waals surface area contributed by atoms with E-state index in [0.717, 1.165) is 29.7 Å². The van der Waals surface area contributed by atoms with Crippen LogP contribution >= 0.6 is 0 Å². The van der Waals surface area contributed by atoms with Gasteiger partial charge in [-0.15, -0.1) is 0 Å². The number of benzene rings is 1. The minimum atomic E-state index is 0.551. The third-order valence-electron chi connectivity index (χ3n) is 2.75. The molecule has 0 fully saturated rings. The van der Waals surface area contributed by atoms with Crippen molar-refractivity contribution < 1.29 is 4.74 Å². The summed E-state index contributed by atoms with van der Waals surface area (Å²) in [6, 6.07) is 7.84. The minimum Gasteiger partial charge on any atom is -0.439 e. The molecule has 0 spiro atoms. The quantitative estimate of drug-likeness (QED) is 0.637. The summed E-state index contributed by atoms with van der Waals surface area (Å²) in [5, 5.41) is 0. The van der Waals surface area contributed by atoms with Gasteiger partial charge in [-0.25, -0.2) is 15.8 Å². The predicted molar refractivity (Wildman–Crippen MR) is 75.1 cm³/mol. The fraction of sp³-hybridized carbons (Fsp3) is 0.286. The summed E-state index contributed by atoms with van der Waals surface area (Å²) in [4.78, 5) is 8.31. The second kappa shape index (κ2) is 6.15. The van der Waals surface area contributed by atoms with Gasteiger partial charge in [0.2, 0.25) is 5.88 Å². The van der Waals surface area contributed by atoms with Crippen molar-refractivity contribution in [3.63, 3.8) is 0 Å². The Labute approximate surface area is 112 Å². The molecule has 3 N–H and O–H groups in total. The number of nitrogen functional groups attached to an aromatic ring is 1. The summed E-state index contributed by atoms with van der Waals surface area (Å²) in [6.07, 6.45) is 3.22. The van der Waals surface area contributed by atoms with Crippen LogP contribution in [0, 0.1) is 6.92 Å². The summed E-state index contributed by atoms with van der Waals surface area (Å²) in [5.41, 5.74) is 4.62. The molecule has 0 aliphatic rings. The van der Waals surface area contributed by atoms with Crippen LogP contribution in [0.25, 0.3) is 0 Å². The highest BCUT2D eigenvalue weighted by Crippen LogP contribution is 2.27. The van der Waals surface area contributed by atoms with Gasteiger partial charge in [0.15, 0.2) is 0 Å². The zero-order valence-corrected chi connectivity index (χ0v) is 11.2. The number of nitrogens with two attached hydrogens (primary N) is 1. The molecule has 0 atom stereocenters. The zero-order chi connectivity index (χ0) is 13.7. The highest BCUT2D eigenvalue weighted by molar-refractivity contribution is 5.49. The number of nitrogens with one attached hydrogen (secondary N) is 1. The van der Waals surface area contributed by atoms with E-state index in [0.29, 0.717) is 11.7 Å². The average molecular weight is 258 g/mol. The lowest BCUT2D eigenvalue weighted by Gasteiger charge is -2.12. The van der Waals surface area contributed by atoms with Crippen molar-refractivity contribution in [1.29, 1.82) is 0 Å². The largest absolute Gasteiger partial charge is 0.439 e. The first-order valence-electron chi connectivity index (χ1n) is 6.29. The summed E-state index contributed by atoms with van der Waals surface area (Å²) < 4.78 is 5.84. The van der Waals surface area contributed by atoms with Gasteiger partial charge in [0.25, 0.3) is 0 Å². The SMILES string of the molecule is CCCc1c(NN)ncnc1Oc1cccc(C)c1. The first kappa shape index (κ1) is 13.3. The number of anilines is 1. The Balaban J connectivity index is 2.33. The van der Waals surface area contributed by atoms with Gasteiger partial charge in [-0.1, -0.05) is 25.5 Å². The topological polar surface area (TPSA) is 73.1 Å². The maximum Gasteiger partial charge on any atom is 0.227 e. The highest BCUT2D eigenvalue weighted by atomic mass is 16.5. The lowest BCUT2D eigenvalue weighted by atomic mass is 10.2. The van der Waals surface area contributed by atoms with Gasteiger partial charge in [0.05, 0.1) is 5.56 Å². The number of ether oxygens (including phenoxy) is 1. The minimum absolute atomic E-state index is 0.551. The van der Waals surface area contributed by atoms with Crippen LogP contribution in [0.1, 0.15) is 24.5 Å². The summed E-state index contributed by atoms with van der Waals surface area (Å²) >= 11 is 0. The normalized spacial score (nSPS) is 10.3. The monoisotopic (exact) mass is 258 g/mol. The summed E-state index contributed by atoms with van der Waals surface area (Å²) in [7, 11) is 0. The highest BCUT2D eigenvalue weighted by Gasteiger charge is 2.12. The molecular formula is C14H18N4O. The first-order valence-corrected chi connectivity index (χ1v) is 6.29. The van der Waals surface area contributed by atoms with Crippen molar-refractivity contribution >= 4 is 5.82 Å². The Bertz CT molecular complexity index is 557. The molecule has 1 heterocycles. The molecule has 2 rings (SSSR count). The van der Waals surface area contributed by atoms with E-state index >= 15 is 0 Å². The van der Waals surface area contributed by atoms with Gasteiger partial charge in [-0.3, -0.25) is 0 Å². The van der Waals surface area contributed by atoms with E-state index in [1.807, 2.05) is 31.2 Å². The van der Waals surface area contributed by atoms with Crippen molar-refractivity contribution in [2.75, 3.05) is 5.43 Å². The summed E-state index contributed by atoms with van der Waals surface area (Å²) in [6.45, 7) is 4.11. The van der Waals surface area contributed by atoms with Gasteiger partial charge in [0.1, 0.15) is 17.9 Å². The second-order valence-corrected chi connectivity index (χ2v) is 4.32. The molecule has 19 heavy (non-hydrogen) atoms. The average Bonchev–Trinajstić information content (AvgIpc) is 2.41. The molecule has 0 aliphatic heterocycles. The Morgan fingerprint density at radius 2 is 2.16 bits per heavy atom. The standard InChI is InChI=1S/C14H18N4O/c1-3-5-12-13(18-15)16-9-17-14(12)19-11-7-4-6-10(2)8-11/h4,6-9H,3,5,15H2,1-2H3,(H,16,17,18). The first-order chi connectivity index (χ1) is 9.24. The van der Waals surface area contributed by atoms with E-state index in [2.05, 4.69) is 22.3 Å². The van der Waals surface area contributed by atoms with E-state index in [-0.39, 0.29) is 0 Å². The van der Waals surface area contributed by atoms with Crippen molar-refractivity contribution in [2.45, 2.75) is 26.7 Å². The third kappa shape index (κ3) is 3.20. The van der Waals surface area contributed by atoms with Crippen LogP contribution < -0.4 is 16.0 Å². The predicted octanol–water partition coefficient (Wildman–Crippen LogP) is 2.82. The molecule has 1 aromatic carbocycles. The van der Waals surface area contributed by atoms with Gasteiger partial charge in [0, 0.05) is 0 Å². The molecule has 100 valence electrons. The van der Waals surface area contributed by atoms with Crippen LogP contribution in [0.5, 0.6) is 11.6 Å². The van der Waals surface area contributed by atoms with Crippen molar-refractivity contribution in [3.8, 4) is 11.6 Å². The van der Waals surface area contributed by atoms with Crippen molar-refractivity contribution in [2.24, 2.45) is 5.84 Å². The molecule has 0 bridgehead atoms. The fourth-order valence-corrected chi connectivity index (χ4v) is 1.87. The number of rotatable bonds is 5. The number of hydrogen-bond donors (Lipinski definition) is 2. The second-order valence-electron chi connectivity index (χ2n) is 4.32. The lowest BCUT2D eigenvalue weighted by molar-refractivity contribution is 0.454. The molecule has 0 unspecified atom stereocenters. The molecule has 2 aromatic rings. The van der Waals surface area contributed by atoms with Crippen molar-refractivity contribution in [1.82, 2.24) is 9.97 Å². The lowest BCUT2D eigenvalue weighted by Crippen LogP contribution is -2.12. The molecule has 0 aliphatic carbocycles. The van der Waals surface area contributed by atoms with Crippen LogP contribution in [0.2, 0.25) is 0 Å². The molecule has 0 saturated heterocycles. The van der Waals surface area contributed by atoms with E-state index in [1.165, 1.54) is 6.33 Å². The van der Waals surface area contributed by atoms with Gasteiger partial charge < -0.3 is 10.2 Å². The van der Waals surface area contributed by atoms with Gasteiger partial charge in [-0.05, 0) is 31.0 Å². The number of aromatic nitrogens is 2. The molecule has 0 saturated carbocycles. The molecule has 0 radical (unpaired) electrons. The smallest absolute Gasteiger partial charge is 0.227 e. The number of nitrogens with zero attached hydrogens (tertiary/aromatic N) is 2. The zero-order valence-electron chi connectivity index (χ0n) is 11.2. The maximum absolute atomic E-state index is 5.84. The van der Waals surface area contributed by atoms with Gasteiger partial charge >= 0.3 is 0 Å². The van der Waals surface area contributed by atoms with E-state index in [4.69, 9.17) is 10.6 Å². The van der Waals surface area contributed by atoms with E-state index in [1.54, 1.807) is 0 Å². The molecule has 0 amide bonds.